The van der Waals surface area contributed by atoms with Crippen LogP contribution >= 0.6 is 0 Å². The second-order valence-corrected chi connectivity index (χ2v) is 5.53. The summed E-state index contributed by atoms with van der Waals surface area (Å²) in [5, 5.41) is 15.5. The topological polar surface area (TPSA) is 102 Å². The molecule has 7 heteroatoms. The smallest absolute Gasteiger partial charge is 0.259 e. The van der Waals surface area contributed by atoms with Gasteiger partial charge < -0.3 is 10.6 Å². The molecule has 0 atom stereocenters. The van der Waals surface area contributed by atoms with Crippen LogP contribution < -0.4 is 5.73 Å². The number of carbonyl (C=O) groups excluding carboxylic acids is 1. The highest BCUT2D eigenvalue weighted by Crippen LogP contribution is 2.15. The minimum Gasteiger partial charge on any atom is -0.383 e. The van der Waals surface area contributed by atoms with Crippen LogP contribution in [0.4, 0.5) is 5.82 Å². The Labute approximate surface area is 134 Å². The standard InChI is InChI=1S/C16H18N6O/c17-9-12-3-1-2-4-13(12)11-21-5-7-22(8-6-21)16(23)14-10-19-20-15(14)18/h1-4,10H,5-8,11H2,(H3,18,19,20). The van der Waals surface area contributed by atoms with E-state index in [1.54, 1.807) is 4.90 Å². The number of hydrogen-bond acceptors (Lipinski definition) is 5. The molecule has 1 aromatic heterocycles. The van der Waals surface area contributed by atoms with E-state index in [1.807, 2.05) is 24.3 Å². The summed E-state index contributed by atoms with van der Waals surface area (Å²) in [6.45, 7) is 3.53. The molecule has 1 aliphatic rings. The van der Waals surface area contributed by atoms with Crippen LogP contribution in [0.5, 0.6) is 0 Å². The highest BCUT2D eigenvalue weighted by Gasteiger charge is 2.24. The molecule has 1 aromatic carbocycles. The Kier molecular flexibility index (Phi) is 4.26. The predicted octanol–water partition coefficient (Wildman–Crippen LogP) is 0.822. The van der Waals surface area contributed by atoms with Crippen LogP contribution in [-0.2, 0) is 6.54 Å². The minimum absolute atomic E-state index is 0.0895. The Hall–Kier alpha value is -2.85. The number of aromatic nitrogens is 2. The normalized spacial score (nSPS) is 15.3. The summed E-state index contributed by atoms with van der Waals surface area (Å²) in [7, 11) is 0. The van der Waals surface area contributed by atoms with Crippen molar-refractivity contribution >= 4 is 11.7 Å². The Morgan fingerprint density at radius 3 is 2.70 bits per heavy atom. The van der Waals surface area contributed by atoms with Crippen LogP contribution in [0, 0.1) is 11.3 Å². The number of hydrogen-bond donors (Lipinski definition) is 2. The molecular formula is C16H18N6O. The lowest BCUT2D eigenvalue weighted by Crippen LogP contribution is -2.48. The molecule has 118 valence electrons. The summed E-state index contributed by atoms with van der Waals surface area (Å²) in [6, 6.07) is 9.84. The van der Waals surface area contributed by atoms with Gasteiger partial charge in [0, 0.05) is 32.7 Å². The van der Waals surface area contributed by atoms with Gasteiger partial charge in [0.1, 0.15) is 11.4 Å². The van der Waals surface area contributed by atoms with E-state index in [2.05, 4.69) is 21.2 Å². The van der Waals surface area contributed by atoms with Crippen molar-refractivity contribution in [3.63, 3.8) is 0 Å². The van der Waals surface area contributed by atoms with Gasteiger partial charge in [0.05, 0.1) is 17.8 Å². The van der Waals surface area contributed by atoms with E-state index in [9.17, 15) is 4.79 Å². The second-order valence-electron chi connectivity index (χ2n) is 5.53. The van der Waals surface area contributed by atoms with Crippen molar-refractivity contribution in [3.8, 4) is 6.07 Å². The number of nitrogens with one attached hydrogen (secondary N) is 1. The number of rotatable bonds is 3. The molecule has 0 spiro atoms. The molecule has 0 aliphatic carbocycles. The third kappa shape index (κ3) is 3.17. The lowest BCUT2D eigenvalue weighted by Gasteiger charge is -2.34. The molecule has 0 saturated carbocycles. The summed E-state index contributed by atoms with van der Waals surface area (Å²) in [5.41, 5.74) is 7.86. The maximum absolute atomic E-state index is 12.4. The van der Waals surface area contributed by atoms with Crippen LogP contribution in [0.1, 0.15) is 21.5 Å². The largest absolute Gasteiger partial charge is 0.383 e. The van der Waals surface area contributed by atoms with E-state index in [-0.39, 0.29) is 5.91 Å². The average Bonchev–Trinajstić information content (AvgIpc) is 3.01. The average molecular weight is 310 g/mol. The minimum atomic E-state index is -0.0895. The molecule has 2 aromatic rings. The van der Waals surface area contributed by atoms with E-state index >= 15 is 0 Å². The fraction of sp³-hybridized carbons (Fsp3) is 0.312. The first-order valence-corrected chi connectivity index (χ1v) is 7.47. The molecule has 1 fully saturated rings. The zero-order chi connectivity index (χ0) is 16.2. The Morgan fingerprint density at radius 1 is 1.30 bits per heavy atom. The number of piperazine rings is 1. The number of amides is 1. The molecule has 23 heavy (non-hydrogen) atoms. The molecule has 0 radical (unpaired) electrons. The first-order chi connectivity index (χ1) is 11.2. The fourth-order valence-corrected chi connectivity index (χ4v) is 2.75. The Bertz CT molecular complexity index is 739. The first-order valence-electron chi connectivity index (χ1n) is 7.47. The molecule has 2 heterocycles. The number of carbonyl (C=O) groups is 1. The van der Waals surface area contributed by atoms with Gasteiger partial charge in [0.15, 0.2) is 0 Å². The van der Waals surface area contributed by atoms with Crippen LogP contribution in [0.2, 0.25) is 0 Å². The Morgan fingerprint density at radius 2 is 2.04 bits per heavy atom. The van der Waals surface area contributed by atoms with Gasteiger partial charge in [-0.15, -0.1) is 0 Å². The maximum Gasteiger partial charge on any atom is 0.259 e. The van der Waals surface area contributed by atoms with Gasteiger partial charge in [-0.1, -0.05) is 18.2 Å². The van der Waals surface area contributed by atoms with E-state index < -0.39 is 0 Å². The van der Waals surface area contributed by atoms with Crippen molar-refractivity contribution < 1.29 is 4.79 Å². The number of nitrogen functional groups attached to an aromatic ring is 1. The van der Waals surface area contributed by atoms with Crippen molar-refractivity contribution in [2.24, 2.45) is 0 Å². The molecule has 0 unspecified atom stereocenters. The number of anilines is 1. The third-order valence-electron chi connectivity index (χ3n) is 4.09. The Balaban J connectivity index is 1.60. The highest BCUT2D eigenvalue weighted by molar-refractivity contribution is 5.98. The highest BCUT2D eigenvalue weighted by atomic mass is 16.2. The second kappa shape index (κ2) is 6.50. The van der Waals surface area contributed by atoms with E-state index in [0.29, 0.717) is 30.0 Å². The van der Waals surface area contributed by atoms with E-state index in [4.69, 9.17) is 11.0 Å². The zero-order valence-electron chi connectivity index (χ0n) is 12.7. The van der Waals surface area contributed by atoms with Crippen LogP contribution in [0.3, 0.4) is 0 Å². The lowest BCUT2D eigenvalue weighted by atomic mass is 10.1. The summed E-state index contributed by atoms with van der Waals surface area (Å²) in [6.07, 6.45) is 1.47. The zero-order valence-corrected chi connectivity index (χ0v) is 12.7. The monoisotopic (exact) mass is 310 g/mol. The number of nitriles is 1. The summed E-state index contributed by atoms with van der Waals surface area (Å²) in [4.78, 5) is 16.4. The first kappa shape index (κ1) is 15.1. The predicted molar refractivity (Wildman–Crippen MR) is 85.3 cm³/mol. The number of aromatic amines is 1. The number of H-pyrrole nitrogens is 1. The summed E-state index contributed by atoms with van der Waals surface area (Å²) < 4.78 is 0. The van der Waals surface area contributed by atoms with Crippen LogP contribution in [0.25, 0.3) is 0 Å². The third-order valence-corrected chi connectivity index (χ3v) is 4.09. The van der Waals surface area contributed by atoms with Crippen molar-refractivity contribution in [2.75, 3.05) is 31.9 Å². The summed E-state index contributed by atoms with van der Waals surface area (Å²) in [5.74, 6) is 0.216. The molecule has 0 bridgehead atoms. The van der Waals surface area contributed by atoms with Gasteiger partial charge >= 0.3 is 0 Å². The van der Waals surface area contributed by atoms with Crippen molar-refractivity contribution in [2.45, 2.75) is 6.54 Å². The SMILES string of the molecule is N#Cc1ccccc1CN1CCN(C(=O)c2cn[nH]c2N)CC1. The maximum atomic E-state index is 12.4. The number of nitrogens with two attached hydrogens (primary N) is 1. The molecular weight excluding hydrogens is 292 g/mol. The van der Waals surface area contributed by atoms with Gasteiger partial charge in [-0.2, -0.15) is 10.4 Å². The van der Waals surface area contributed by atoms with Crippen LogP contribution in [-0.4, -0.2) is 52.1 Å². The molecule has 7 nitrogen and oxygen atoms in total. The van der Waals surface area contributed by atoms with Gasteiger partial charge in [-0.3, -0.25) is 14.8 Å². The summed E-state index contributed by atoms with van der Waals surface area (Å²) >= 11 is 0. The van der Waals surface area contributed by atoms with E-state index in [1.165, 1.54) is 6.20 Å². The van der Waals surface area contributed by atoms with E-state index in [0.717, 1.165) is 25.2 Å². The molecule has 1 aliphatic heterocycles. The quantitative estimate of drug-likeness (QED) is 0.874. The number of benzene rings is 1. The van der Waals surface area contributed by atoms with Gasteiger partial charge in [-0.05, 0) is 11.6 Å². The van der Waals surface area contributed by atoms with Crippen molar-refractivity contribution in [3.05, 3.63) is 47.2 Å². The molecule has 3 rings (SSSR count). The fourth-order valence-electron chi connectivity index (χ4n) is 2.75. The van der Waals surface area contributed by atoms with Gasteiger partial charge in [-0.25, -0.2) is 0 Å². The van der Waals surface area contributed by atoms with Gasteiger partial charge in [0.2, 0.25) is 0 Å². The lowest BCUT2D eigenvalue weighted by molar-refractivity contribution is 0.0629. The molecule has 1 amide bonds. The molecule has 3 N–H and O–H groups in total. The molecule has 1 saturated heterocycles. The van der Waals surface area contributed by atoms with Crippen molar-refractivity contribution in [1.29, 1.82) is 5.26 Å². The van der Waals surface area contributed by atoms with Crippen LogP contribution in [0.15, 0.2) is 30.5 Å². The number of nitrogens with zero attached hydrogens (tertiary/aromatic N) is 4. The van der Waals surface area contributed by atoms with Gasteiger partial charge in [0.25, 0.3) is 5.91 Å². The van der Waals surface area contributed by atoms with Crippen molar-refractivity contribution in [1.82, 2.24) is 20.0 Å².